The summed E-state index contributed by atoms with van der Waals surface area (Å²) in [4.78, 5) is 2.27. The molecule has 0 saturated carbocycles. The quantitative estimate of drug-likeness (QED) is 0.840. The fourth-order valence-electron chi connectivity index (χ4n) is 3.11. The first-order valence-electron chi connectivity index (χ1n) is 8.21. The SMILES string of the molecule is CC(C)O[C@H]1[C@@H](CO)N(Cc2ccccc2)C[C@H]1OC(C)C. The fourth-order valence-corrected chi connectivity index (χ4v) is 3.11. The third kappa shape index (κ3) is 4.53. The summed E-state index contributed by atoms with van der Waals surface area (Å²) < 4.78 is 12.1. The molecule has 1 saturated heterocycles. The first-order valence-corrected chi connectivity index (χ1v) is 8.21. The normalized spacial score (nSPS) is 26.2. The fraction of sp³-hybridized carbons (Fsp3) is 0.667. The Morgan fingerprint density at radius 3 is 2.27 bits per heavy atom. The van der Waals surface area contributed by atoms with Crippen molar-refractivity contribution >= 4 is 0 Å². The highest BCUT2D eigenvalue weighted by atomic mass is 16.6. The lowest BCUT2D eigenvalue weighted by Gasteiger charge is -2.28. The smallest absolute Gasteiger partial charge is 0.103 e. The minimum Gasteiger partial charge on any atom is -0.395 e. The van der Waals surface area contributed by atoms with Gasteiger partial charge in [-0.25, -0.2) is 0 Å². The Balaban J connectivity index is 2.12. The van der Waals surface area contributed by atoms with E-state index in [0.29, 0.717) is 0 Å². The highest BCUT2D eigenvalue weighted by molar-refractivity contribution is 5.15. The van der Waals surface area contributed by atoms with E-state index >= 15 is 0 Å². The number of benzene rings is 1. The Kier molecular flexibility index (Phi) is 6.38. The molecule has 1 heterocycles. The predicted molar refractivity (Wildman–Crippen MR) is 87.7 cm³/mol. The molecule has 1 aromatic carbocycles. The zero-order valence-corrected chi connectivity index (χ0v) is 14.1. The molecule has 1 fully saturated rings. The third-order valence-corrected chi connectivity index (χ3v) is 3.92. The molecule has 0 aromatic heterocycles. The van der Waals surface area contributed by atoms with E-state index in [1.807, 2.05) is 45.9 Å². The molecule has 0 radical (unpaired) electrons. The van der Waals surface area contributed by atoms with Crippen LogP contribution in [-0.2, 0) is 16.0 Å². The van der Waals surface area contributed by atoms with Crippen LogP contribution < -0.4 is 0 Å². The van der Waals surface area contributed by atoms with E-state index in [9.17, 15) is 5.11 Å². The van der Waals surface area contributed by atoms with Crippen molar-refractivity contribution in [2.75, 3.05) is 13.2 Å². The van der Waals surface area contributed by atoms with E-state index in [1.54, 1.807) is 0 Å². The van der Waals surface area contributed by atoms with Crippen LogP contribution in [0.2, 0.25) is 0 Å². The minimum absolute atomic E-state index is 0.00302. The van der Waals surface area contributed by atoms with Crippen LogP contribution in [-0.4, -0.2) is 53.6 Å². The van der Waals surface area contributed by atoms with Crippen LogP contribution in [0.15, 0.2) is 30.3 Å². The molecule has 1 N–H and O–H groups in total. The van der Waals surface area contributed by atoms with Gasteiger partial charge >= 0.3 is 0 Å². The van der Waals surface area contributed by atoms with Gasteiger partial charge in [0.2, 0.25) is 0 Å². The summed E-state index contributed by atoms with van der Waals surface area (Å²) in [7, 11) is 0. The van der Waals surface area contributed by atoms with Crippen LogP contribution in [0.1, 0.15) is 33.3 Å². The first-order chi connectivity index (χ1) is 10.5. The van der Waals surface area contributed by atoms with Gasteiger partial charge in [-0.05, 0) is 33.3 Å². The Labute approximate surface area is 134 Å². The molecule has 22 heavy (non-hydrogen) atoms. The van der Waals surface area contributed by atoms with Crippen molar-refractivity contribution in [1.82, 2.24) is 4.90 Å². The molecule has 0 amide bonds. The lowest BCUT2D eigenvalue weighted by atomic mass is 10.1. The summed E-state index contributed by atoms with van der Waals surface area (Å²) in [5.41, 5.74) is 1.24. The molecular formula is C18H29NO3. The van der Waals surface area contributed by atoms with Gasteiger partial charge in [-0.2, -0.15) is 0 Å². The molecule has 0 bridgehead atoms. The lowest BCUT2D eigenvalue weighted by Crippen LogP contribution is -2.42. The molecule has 1 aliphatic heterocycles. The molecule has 0 aliphatic carbocycles. The standard InChI is InChI=1S/C18H29NO3/c1-13(2)21-17-11-19(10-15-8-6-5-7-9-15)16(12-20)18(17)22-14(3)4/h5-9,13-14,16-18,20H,10-12H2,1-4H3/t16-,17-,18+/m1/s1. The molecule has 124 valence electrons. The van der Waals surface area contributed by atoms with Crippen molar-refractivity contribution < 1.29 is 14.6 Å². The van der Waals surface area contributed by atoms with Gasteiger partial charge in [-0.3, -0.25) is 4.90 Å². The van der Waals surface area contributed by atoms with Crippen LogP contribution in [0.4, 0.5) is 0 Å². The van der Waals surface area contributed by atoms with Gasteiger partial charge in [-0.1, -0.05) is 30.3 Å². The van der Waals surface area contributed by atoms with Crippen molar-refractivity contribution in [3.05, 3.63) is 35.9 Å². The molecule has 0 spiro atoms. The highest BCUT2D eigenvalue weighted by Crippen LogP contribution is 2.27. The summed E-state index contributed by atoms with van der Waals surface area (Å²) in [5.74, 6) is 0. The Bertz CT molecular complexity index is 435. The summed E-state index contributed by atoms with van der Waals surface area (Å²) in [6.07, 6.45) is 0.188. The van der Waals surface area contributed by atoms with Crippen molar-refractivity contribution in [2.24, 2.45) is 0 Å². The number of ether oxygens (including phenoxy) is 2. The second-order valence-electron chi connectivity index (χ2n) is 6.54. The maximum Gasteiger partial charge on any atom is 0.103 e. The number of hydrogen-bond donors (Lipinski definition) is 1. The monoisotopic (exact) mass is 307 g/mol. The number of nitrogens with zero attached hydrogens (tertiary/aromatic N) is 1. The molecule has 3 atom stereocenters. The molecule has 0 unspecified atom stereocenters. The zero-order chi connectivity index (χ0) is 16.1. The summed E-state index contributed by atoms with van der Waals surface area (Å²) in [6.45, 7) is 9.82. The number of hydrogen-bond acceptors (Lipinski definition) is 4. The molecular weight excluding hydrogens is 278 g/mol. The lowest BCUT2D eigenvalue weighted by molar-refractivity contribution is -0.100. The van der Waals surface area contributed by atoms with Gasteiger partial charge in [-0.15, -0.1) is 0 Å². The van der Waals surface area contributed by atoms with Crippen molar-refractivity contribution in [3.63, 3.8) is 0 Å². The minimum atomic E-state index is -0.0869. The van der Waals surface area contributed by atoms with Crippen molar-refractivity contribution in [1.29, 1.82) is 0 Å². The Morgan fingerprint density at radius 2 is 1.73 bits per heavy atom. The predicted octanol–water partition coefficient (Wildman–Crippen LogP) is 2.45. The largest absolute Gasteiger partial charge is 0.395 e. The van der Waals surface area contributed by atoms with Crippen LogP contribution in [0.3, 0.4) is 0 Å². The second-order valence-corrected chi connectivity index (χ2v) is 6.54. The van der Waals surface area contributed by atoms with Crippen LogP contribution in [0.25, 0.3) is 0 Å². The number of aliphatic hydroxyl groups is 1. The first kappa shape index (κ1) is 17.4. The average molecular weight is 307 g/mol. The van der Waals surface area contributed by atoms with Gasteiger partial charge in [0.05, 0.1) is 31.0 Å². The molecule has 1 aromatic rings. The van der Waals surface area contributed by atoms with E-state index in [0.717, 1.165) is 13.1 Å². The molecule has 4 nitrogen and oxygen atoms in total. The third-order valence-electron chi connectivity index (χ3n) is 3.92. The van der Waals surface area contributed by atoms with Gasteiger partial charge in [0.15, 0.2) is 0 Å². The van der Waals surface area contributed by atoms with Gasteiger partial charge in [0.1, 0.15) is 6.10 Å². The molecule has 2 rings (SSSR count). The molecule has 1 aliphatic rings. The van der Waals surface area contributed by atoms with Crippen LogP contribution in [0, 0.1) is 0 Å². The van der Waals surface area contributed by atoms with Crippen LogP contribution in [0.5, 0.6) is 0 Å². The summed E-state index contributed by atoms with van der Waals surface area (Å²) >= 11 is 0. The van der Waals surface area contributed by atoms with Crippen molar-refractivity contribution in [2.45, 2.75) is 64.7 Å². The zero-order valence-electron chi connectivity index (χ0n) is 14.1. The maximum absolute atomic E-state index is 9.87. The van der Waals surface area contributed by atoms with E-state index in [1.165, 1.54) is 5.56 Å². The van der Waals surface area contributed by atoms with Gasteiger partial charge in [0, 0.05) is 13.1 Å². The van der Waals surface area contributed by atoms with E-state index in [2.05, 4.69) is 17.0 Å². The van der Waals surface area contributed by atoms with E-state index in [4.69, 9.17) is 9.47 Å². The van der Waals surface area contributed by atoms with Gasteiger partial charge < -0.3 is 14.6 Å². The Hall–Kier alpha value is -0.940. The van der Waals surface area contributed by atoms with Gasteiger partial charge in [0.25, 0.3) is 0 Å². The van der Waals surface area contributed by atoms with E-state index in [-0.39, 0.29) is 37.1 Å². The molecule has 4 heteroatoms. The highest BCUT2D eigenvalue weighted by Gasteiger charge is 2.43. The Morgan fingerprint density at radius 1 is 1.09 bits per heavy atom. The maximum atomic E-state index is 9.87. The second kappa shape index (κ2) is 8.06. The van der Waals surface area contributed by atoms with Crippen LogP contribution >= 0.6 is 0 Å². The number of aliphatic hydroxyl groups excluding tert-OH is 1. The summed E-state index contributed by atoms with van der Waals surface area (Å²) in [5, 5.41) is 9.87. The summed E-state index contributed by atoms with van der Waals surface area (Å²) in [6, 6.07) is 10.3. The topological polar surface area (TPSA) is 41.9 Å². The number of likely N-dealkylation sites (tertiary alicyclic amines) is 1. The van der Waals surface area contributed by atoms with E-state index < -0.39 is 0 Å². The number of rotatable bonds is 7. The van der Waals surface area contributed by atoms with Crippen molar-refractivity contribution in [3.8, 4) is 0 Å². The average Bonchev–Trinajstić information content (AvgIpc) is 2.75.